The van der Waals surface area contributed by atoms with E-state index in [4.69, 9.17) is 0 Å². The molecule has 0 aliphatic heterocycles. The normalized spacial score (nSPS) is 10.3. The smallest absolute Gasteiger partial charge is 0.145 e. The second-order valence-electron chi connectivity index (χ2n) is 3.28. The standard InChI is InChI=1S/C10H17IN4/c1-3-5-15(6-4-12-2)10-9(11)7-13-8-14-10/h7-8,12H,3-6H2,1-2H3. The summed E-state index contributed by atoms with van der Waals surface area (Å²) < 4.78 is 1.11. The van der Waals surface area contributed by atoms with Crippen LogP contribution in [-0.2, 0) is 0 Å². The summed E-state index contributed by atoms with van der Waals surface area (Å²) in [6, 6.07) is 0. The topological polar surface area (TPSA) is 41.0 Å². The number of hydrogen-bond donors (Lipinski definition) is 1. The average molecular weight is 320 g/mol. The van der Waals surface area contributed by atoms with Crippen LogP contribution < -0.4 is 10.2 Å². The van der Waals surface area contributed by atoms with Gasteiger partial charge >= 0.3 is 0 Å². The SMILES string of the molecule is CCCN(CCNC)c1ncncc1I. The van der Waals surface area contributed by atoms with Crippen LogP contribution in [0.5, 0.6) is 0 Å². The predicted octanol–water partition coefficient (Wildman–Crippen LogP) is 1.52. The van der Waals surface area contributed by atoms with Crippen LogP contribution >= 0.6 is 22.6 Å². The Morgan fingerprint density at radius 1 is 1.47 bits per heavy atom. The Bertz CT molecular complexity index is 293. The molecule has 5 heteroatoms. The van der Waals surface area contributed by atoms with Crippen LogP contribution in [0.15, 0.2) is 12.5 Å². The van der Waals surface area contributed by atoms with E-state index in [1.807, 2.05) is 13.2 Å². The Labute approximate surface area is 105 Å². The van der Waals surface area contributed by atoms with Crippen LogP contribution in [0, 0.1) is 3.57 Å². The highest BCUT2D eigenvalue weighted by Crippen LogP contribution is 2.17. The van der Waals surface area contributed by atoms with Gasteiger partial charge in [-0.25, -0.2) is 9.97 Å². The molecule has 0 fully saturated rings. The number of rotatable bonds is 6. The minimum atomic E-state index is 0.972. The van der Waals surface area contributed by atoms with Gasteiger partial charge in [0.05, 0.1) is 3.57 Å². The van der Waals surface area contributed by atoms with Crippen molar-refractivity contribution in [3.8, 4) is 0 Å². The van der Waals surface area contributed by atoms with Crippen LogP contribution in [0.4, 0.5) is 5.82 Å². The number of likely N-dealkylation sites (N-methyl/N-ethyl adjacent to an activating group) is 1. The summed E-state index contributed by atoms with van der Waals surface area (Å²) in [5.41, 5.74) is 0. The zero-order valence-electron chi connectivity index (χ0n) is 9.20. The molecular weight excluding hydrogens is 303 g/mol. The highest BCUT2D eigenvalue weighted by Gasteiger charge is 2.09. The van der Waals surface area contributed by atoms with Gasteiger partial charge in [-0.05, 0) is 36.1 Å². The van der Waals surface area contributed by atoms with E-state index >= 15 is 0 Å². The van der Waals surface area contributed by atoms with Gasteiger partial charge in [-0.2, -0.15) is 0 Å². The molecule has 0 atom stereocenters. The number of aromatic nitrogens is 2. The monoisotopic (exact) mass is 320 g/mol. The van der Waals surface area contributed by atoms with E-state index in [2.05, 4.69) is 49.7 Å². The van der Waals surface area contributed by atoms with Crippen molar-refractivity contribution < 1.29 is 0 Å². The maximum Gasteiger partial charge on any atom is 0.145 e. The Hall–Kier alpha value is -0.430. The van der Waals surface area contributed by atoms with E-state index in [0.29, 0.717) is 0 Å². The van der Waals surface area contributed by atoms with Gasteiger partial charge in [0.15, 0.2) is 0 Å². The Morgan fingerprint density at radius 3 is 2.87 bits per heavy atom. The molecule has 1 N–H and O–H groups in total. The third-order valence-corrected chi connectivity index (χ3v) is 2.83. The third kappa shape index (κ3) is 3.90. The van der Waals surface area contributed by atoms with Gasteiger partial charge in [0.25, 0.3) is 0 Å². The van der Waals surface area contributed by atoms with Crippen molar-refractivity contribution in [1.82, 2.24) is 15.3 Å². The van der Waals surface area contributed by atoms with Crippen molar-refractivity contribution in [2.75, 3.05) is 31.6 Å². The van der Waals surface area contributed by atoms with Crippen molar-refractivity contribution in [3.63, 3.8) is 0 Å². The largest absolute Gasteiger partial charge is 0.354 e. The maximum atomic E-state index is 4.33. The van der Waals surface area contributed by atoms with Crippen molar-refractivity contribution in [3.05, 3.63) is 16.1 Å². The van der Waals surface area contributed by atoms with E-state index in [1.165, 1.54) is 0 Å². The van der Waals surface area contributed by atoms with E-state index in [1.54, 1.807) is 6.33 Å². The molecule has 4 nitrogen and oxygen atoms in total. The fourth-order valence-electron chi connectivity index (χ4n) is 1.38. The van der Waals surface area contributed by atoms with E-state index in [0.717, 1.165) is 35.4 Å². The molecule has 0 aliphatic carbocycles. The first-order valence-corrected chi connectivity index (χ1v) is 6.22. The minimum absolute atomic E-state index is 0.972. The summed E-state index contributed by atoms with van der Waals surface area (Å²) in [5.74, 6) is 1.04. The van der Waals surface area contributed by atoms with E-state index < -0.39 is 0 Å². The average Bonchev–Trinajstić information content (AvgIpc) is 2.25. The minimum Gasteiger partial charge on any atom is -0.354 e. The van der Waals surface area contributed by atoms with Crippen molar-refractivity contribution in [1.29, 1.82) is 0 Å². The van der Waals surface area contributed by atoms with Crippen LogP contribution in [0.3, 0.4) is 0 Å². The lowest BCUT2D eigenvalue weighted by atomic mass is 10.4. The molecule has 0 bridgehead atoms. The van der Waals surface area contributed by atoms with Gasteiger partial charge in [0.2, 0.25) is 0 Å². The van der Waals surface area contributed by atoms with Gasteiger partial charge in [0.1, 0.15) is 12.1 Å². The van der Waals surface area contributed by atoms with Crippen molar-refractivity contribution in [2.45, 2.75) is 13.3 Å². The molecule has 0 amide bonds. The molecule has 15 heavy (non-hydrogen) atoms. The van der Waals surface area contributed by atoms with Crippen LogP contribution in [-0.4, -0.2) is 36.6 Å². The molecule has 0 radical (unpaired) electrons. The van der Waals surface area contributed by atoms with Crippen molar-refractivity contribution >= 4 is 28.4 Å². The number of hydrogen-bond acceptors (Lipinski definition) is 4. The molecule has 0 saturated heterocycles. The zero-order chi connectivity index (χ0) is 11.1. The molecular formula is C10H17IN4. The molecule has 1 aromatic rings. The Balaban J connectivity index is 2.74. The summed E-state index contributed by atoms with van der Waals surface area (Å²) in [7, 11) is 1.97. The van der Waals surface area contributed by atoms with Gasteiger partial charge in [-0.15, -0.1) is 0 Å². The first-order chi connectivity index (χ1) is 7.29. The summed E-state index contributed by atoms with van der Waals surface area (Å²) in [4.78, 5) is 10.6. The molecule has 1 aromatic heterocycles. The lowest BCUT2D eigenvalue weighted by molar-refractivity contribution is 0.700. The molecule has 0 unspecified atom stereocenters. The quantitative estimate of drug-likeness (QED) is 0.807. The van der Waals surface area contributed by atoms with E-state index in [9.17, 15) is 0 Å². The molecule has 0 spiro atoms. The second-order valence-corrected chi connectivity index (χ2v) is 4.45. The molecule has 1 heterocycles. The Kier molecular flexibility index (Phi) is 5.85. The van der Waals surface area contributed by atoms with Gasteiger partial charge in [0, 0.05) is 25.8 Å². The molecule has 1 rings (SSSR count). The lowest BCUT2D eigenvalue weighted by Gasteiger charge is -2.23. The fourth-order valence-corrected chi connectivity index (χ4v) is 2.02. The van der Waals surface area contributed by atoms with Gasteiger partial charge < -0.3 is 10.2 Å². The molecule has 0 saturated carbocycles. The predicted molar refractivity (Wildman–Crippen MR) is 71.2 cm³/mol. The van der Waals surface area contributed by atoms with Gasteiger partial charge in [-0.1, -0.05) is 6.92 Å². The Morgan fingerprint density at radius 2 is 2.27 bits per heavy atom. The summed E-state index contributed by atoms with van der Waals surface area (Å²) >= 11 is 2.28. The third-order valence-electron chi connectivity index (χ3n) is 2.07. The first-order valence-electron chi connectivity index (χ1n) is 5.14. The number of nitrogens with zero attached hydrogens (tertiary/aromatic N) is 3. The number of nitrogens with one attached hydrogen (secondary N) is 1. The maximum absolute atomic E-state index is 4.33. The second kappa shape index (κ2) is 6.95. The first kappa shape index (κ1) is 12.6. The van der Waals surface area contributed by atoms with Crippen LogP contribution in [0.1, 0.15) is 13.3 Å². The summed E-state index contributed by atoms with van der Waals surface area (Å²) in [5, 5.41) is 3.16. The molecule has 84 valence electrons. The highest BCUT2D eigenvalue weighted by atomic mass is 127. The fraction of sp³-hybridized carbons (Fsp3) is 0.600. The van der Waals surface area contributed by atoms with Crippen LogP contribution in [0.25, 0.3) is 0 Å². The van der Waals surface area contributed by atoms with Crippen molar-refractivity contribution in [2.24, 2.45) is 0 Å². The number of anilines is 1. The lowest BCUT2D eigenvalue weighted by Crippen LogP contribution is -2.32. The molecule has 0 aromatic carbocycles. The summed E-state index contributed by atoms with van der Waals surface area (Å²) in [6.45, 7) is 5.17. The summed E-state index contributed by atoms with van der Waals surface area (Å²) in [6.07, 6.45) is 4.59. The van der Waals surface area contributed by atoms with Gasteiger partial charge in [-0.3, -0.25) is 0 Å². The molecule has 0 aliphatic rings. The number of halogens is 1. The highest BCUT2D eigenvalue weighted by molar-refractivity contribution is 14.1. The zero-order valence-corrected chi connectivity index (χ0v) is 11.4. The van der Waals surface area contributed by atoms with E-state index in [-0.39, 0.29) is 0 Å². The van der Waals surface area contributed by atoms with Crippen LogP contribution in [0.2, 0.25) is 0 Å².